The molecule has 1 aliphatic heterocycles. The van der Waals surface area contributed by atoms with E-state index in [1.165, 1.54) is 16.7 Å². The van der Waals surface area contributed by atoms with Gasteiger partial charge in [0.25, 0.3) is 0 Å². The zero-order valence-electron chi connectivity index (χ0n) is 9.01. The molecule has 1 heterocycles. The first-order valence-corrected chi connectivity index (χ1v) is 5.29. The highest BCUT2D eigenvalue weighted by Gasteiger charge is 2.14. The second kappa shape index (κ2) is 4.11. The third-order valence-electron chi connectivity index (χ3n) is 2.73. The Hall–Kier alpha value is -0.860. The molecule has 0 saturated carbocycles. The van der Waals surface area contributed by atoms with Gasteiger partial charge in [-0.2, -0.15) is 0 Å². The lowest BCUT2D eigenvalue weighted by molar-refractivity contribution is 0.353. The van der Waals surface area contributed by atoms with E-state index in [1.807, 2.05) is 0 Å². The van der Waals surface area contributed by atoms with Crippen LogP contribution in [0.1, 0.15) is 23.6 Å². The lowest BCUT2D eigenvalue weighted by Crippen LogP contribution is -2.11. The van der Waals surface area contributed by atoms with Crippen molar-refractivity contribution in [2.24, 2.45) is 0 Å². The number of rotatable bonds is 3. The van der Waals surface area contributed by atoms with Crippen LogP contribution in [-0.4, -0.2) is 18.5 Å². The zero-order chi connectivity index (χ0) is 9.97. The summed E-state index contributed by atoms with van der Waals surface area (Å²) < 4.78 is 0. The van der Waals surface area contributed by atoms with Gasteiger partial charge < -0.3 is 5.32 Å². The number of nitrogens with zero attached hydrogens (tertiary/aromatic N) is 1. The summed E-state index contributed by atoms with van der Waals surface area (Å²) in [4.78, 5) is 2.35. The molecule has 0 amide bonds. The van der Waals surface area contributed by atoms with E-state index in [0.717, 1.165) is 26.2 Å². The largest absolute Gasteiger partial charge is 0.313 e. The molecule has 2 nitrogen and oxygen atoms in total. The Morgan fingerprint density at radius 3 is 2.86 bits per heavy atom. The van der Waals surface area contributed by atoms with Crippen LogP contribution in [0.5, 0.6) is 0 Å². The molecular formula is C12H18N2. The van der Waals surface area contributed by atoms with Gasteiger partial charge in [0.15, 0.2) is 0 Å². The van der Waals surface area contributed by atoms with Crippen LogP contribution in [0.3, 0.4) is 0 Å². The van der Waals surface area contributed by atoms with Gasteiger partial charge in [0.1, 0.15) is 0 Å². The average molecular weight is 190 g/mol. The van der Waals surface area contributed by atoms with Gasteiger partial charge in [-0.3, -0.25) is 4.90 Å². The van der Waals surface area contributed by atoms with E-state index in [0.29, 0.717) is 0 Å². The predicted octanol–water partition coefficient (Wildman–Crippen LogP) is 1.74. The Labute approximate surface area is 85.9 Å². The normalized spacial score (nSPS) is 15.9. The van der Waals surface area contributed by atoms with Crippen molar-refractivity contribution in [3.63, 3.8) is 0 Å². The number of fused-ring (bicyclic) bond motifs is 1. The minimum absolute atomic E-state index is 0.994. The molecule has 1 aromatic carbocycles. The number of hydrogen-bond acceptors (Lipinski definition) is 2. The second-order valence-electron chi connectivity index (χ2n) is 4.06. The van der Waals surface area contributed by atoms with Crippen LogP contribution in [0.25, 0.3) is 0 Å². The van der Waals surface area contributed by atoms with E-state index < -0.39 is 0 Å². The highest BCUT2D eigenvalue weighted by molar-refractivity contribution is 5.34. The molecule has 0 aliphatic carbocycles. The molecular weight excluding hydrogens is 172 g/mol. The molecule has 0 fully saturated rings. The summed E-state index contributed by atoms with van der Waals surface area (Å²) in [6, 6.07) is 6.84. The third kappa shape index (κ3) is 1.97. The fraction of sp³-hybridized carbons (Fsp3) is 0.500. The molecule has 2 rings (SSSR count). The Morgan fingerprint density at radius 1 is 1.29 bits per heavy atom. The van der Waals surface area contributed by atoms with Gasteiger partial charge in [0.2, 0.25) is 0 Å². The summed E-state index contributed by atoms with van der Waals surface area (Å²) in [7, 11) is 2.17. The topological polar surface area (TPSA) is 15.3 Å². The first kappa shape index (κ1) is 9.69. The van der Waals surface area contributed by atoms with Crippen molar-refractivity contribution in [3.05, 3.63) is 34.9 Å². The fourth-order valence-electron chi connectivity index (χ4n) is 2.00. The van der Waals surface area contributed by atoms with E-state index in [-0.39, 0.29) is 0 Å². The van der Waals surface area contributed by atoms with Gasteiger partial charge in [0, 0.05) is 19.6 Å². The molecule has 0 saturated heterocycles. The van der Waals surface area contributed by atoms with Crippen LogP contribution in [0, 0.1) is 0 Å². The maximum Gasteiger partial charge on any atom is 0.0237 e. The lowest BCUT2D eigenvalue weighted by atomic mass is 10.1. The average Bonchev–Trinajstić information content (AvgIpc) is 2.54. The smallest absolute Gasteiger partial charge is 0.0237 e. The first-order valence-electron chi connectivity index (χ1n) is 5.29. The van der Waals surface area contributed by atoms with Crippen LogP contribution in [0.2, 0.25) is 0 Å². The van der Waals surface area contributed by atoms with E-state index in [2.05, 4.69) is 42.4 Å². The van der Waals surface area contributed by atoms with Crippen molar-refractivity contribution >= 4 is 0 Å². The van der Waals surface area contributed by atoms with Gasteiger partial charge in [-0.1, -0.05) is 25.1 Å². The summed E-state index contributed by atoms with van der Waals surface area (Å²) >= 11 is 0. The highest BCUT2D eigenvalue weighted by atomic mass is 15.1. The molecule has 0 atom stereocenters. The van der Waals surface area contributed by atoms with E-state index in [4.69, 9.17) is 0 Å². The predicted molar refractivity (Wildman–Crippen MR) is 59.0 cm³/mol. The maximum atomic E-state index is 3.35. The maximum absolute atomic E-state index is 3.35. The van der Waals surface area contributed by atoms with Crippen LogP contribution in [-0.2, 0) is 19.6 Å². The van der Waals surface area contributed by atoms with Crippen LogP contribution in [0.15, 0.2) is 18.2 Å². The van der Waals surface area contributed by atoms with Crippen molar-refractivity contribution in [2.75, 3.05) is 13.6 Å². The molecule has 1 N–H and O–H groups in total. The van der Waals surface area contributed by atoms with Crippen molar-refractivity contribution in [2.45, 2.75) is 26.6 Å². The van der Waals surface area contributed by atoms with Gasteiger partial charge in [0.05, 0.1) is 0 Å². The number of benzene rings is 1. The van der Waals surface area contributed by atoms with Gasteiger partial charge in [-0.05, 0) is 30.3 Å². The van der Waals surface area contributed by atoms with Crippen LogP contribution in [0.4, 0.5) is 0 Å². The Bertz CT molecular complexity index is 320. The summed E-state index contributed by atoms with van der Waals surface area (Å²) in [5.74, 6) is 0. The van der Waals surface area contributed by atoms with E-state index in [9.17, 15) is 0 Å². The summed E-state index contributed by atoms with van der Waals surface area (Å²) in [6.07, 6.45) is 0. The Kier molecular flexibility index (Phi) is 2.85. The van der Waals surface area contributed by atoms with Crippen LogP contribution < -0.4 is 5.32 Å². The van der Waals surface area contributed by atoms with E-state index in [1.54, 1.807) is 0 Å². The third-order valence-corrected chi connectivity index (χ3v) is 2.73. The summed E-state index contributed by atoms with van der Waals surface area (Å²) in [5.41, 5.74) is 4.40. The van der Waals surface area contributed by atoms with Gasteiger partial charge >= 0.3 is 0 Å². The van der Waals surface area contributed by atoms with Crippen molar-refractivity contribution in [1.82, 2.24) is 10.2 Å². The SMILES string of the molecule is CCNCc1ccc2c(c1)CN(C)C2. The van der Waals surface area contributed by atoms with Gasteiger partial charge in [-0.15, -0.1) is 0 Å². The lowest BCUT2D eigenvalue weighted by Gasteiger charge is -2.04. The molecule has 0 aromatic heterocycles. The van der Waals surface area contributed by atoms with Crippen molar-refractivity contribution in [1.29, 1.82) is 0 Å². The first-order chi connectivity index (χ1) is 6.79. The van der Waals surface area contributed by atoms with Crippen molar-refractivity contribution in [3.8, 4) is 0 Å². The fourth-order valence-corrected chi connectivity index (χ4v) is 2.00. The zero-order valence-corrected chi connectivity index (χ0v) is 9.01. The van der Waals surface area contributed by atoms with Crippen molar-refractivity contribution < 1.29 is 0 Å². The molecule has 0 spiro atoms. The summed E-state index contributed by atoms with van der Waals surface area (Å²) in [5, 5.41) is 3.35. The minimum atomic E-state index is 0.994. The van der Waals surface area contributed by atoms with Gasteiger partial charge in [-0.25, -0.2) is 0 Å². The molecule has 0 unspecified atom stereocenters. The second-order valence-corrected chi connectivity index (χ2v) is 4.06. The van der Waals surface area contributed by atoms with Crippen LogP contribution >= 0.6 is 0 Å². The molecule has 76 valence electrons. The molecule has 2 heteroatoms. The summed E-state index contributed by atoms with van der Waals surface area (Å²) in [6.45, 7) is 6.39. The highest BCUT2D eigenvalue weighted by Crippen LogP contribution is 2.22. The Morgan fingerprint density at radius 2 is 2.07 bits per heavy atom. The Balaban J connectivity index is 2.12. The molecule has 1 aromatic rings. The number of hydrogen-bond donors (Lipinski definition) is 1. The minimum Gasteiger partial charge on any atom is -0.313 e. The quantitative estimate of drug-likeness (QED) is 0.781. The molecule has 1 aliphatic rings. The molecule has 0 radical (unpaired) electrons. The van der Waals surface area contributed by atoms with E-state index >= 15 is 0 Å². The standard InChI is InChI=1S/C12H18N2/c1-3-13-7-10-4-5-11-8-14(2)9-12(11)6-10/h4-6,13H,3,7-9H2,1-2H3. The molecule has 0 bridgehead atoms. The number of nitrogens with one attached hydrogen (secondary N) is 1. The molecule has 14 heavy (non-hydrogen) atoms. The monoisotopic (exact) mass is 190 g/mol.